The number of hydrogen-bond acceptors (Lipinski definition) is 5. The van der Waals surface area contributed by atoms with Crippen molar-refractivity contribution in [2.24, 2.45) is 4.99 Å². The number of aromatic amines is 1. The van der Waals surface area contributed by atoms with Gasteiger partial charge in [-0.05, 0) is 44.5 Å². The van der Waals surface area contributed by atoms with Gasteiger partial charge in [0.1, 0.15) is 5.75 Å². The van der Waals surface area contributed by atoms with E-state index in [-0.39, 0.29) is 0 Å². The van der Waals surface area contributed by atoms with Crippen LogP contribution in [0.1, 0.15) is 30.7 Å². The summed E-state index contributed by atoms with van der Waals surface area (Å²) in [7, 11) is -0.852. The number of amidine groups is 1. The second-order valence-corrected chi connectivity index (χ2v) is 8.20. The van der Waals surface area contributed by atoms with E-state index in [0.29, 0.717) is 24.2 Å². The monoisotopic (exact) mass is 375 g/mol. The molecular weight excluding hydrogens is 350 g/mol. The first-order chi connectivity index (χ1) is 12.4. The topological polar surface area (TPSA) is 82.6 Å². The number of rotatable bonds is 6. The van der Waals surface area contributed by atoms with Crippen LogP contribution in [0, 0.1) is 6.92 Å². The summed E-state index contributed by atoms with van der Waals surface area (Å²) in [6.07, 6.45) is 1.68. The van der Waals surface area contributed by atoms with Gasteiger partial charge in [-0.1, -0.05) is 0 Å². The van der Waals surface area contributed by atoms with Crippen LogP contribution < -0.4 is 10.2 Å². The van der Waals surface area contributed by atoms with Gasteiger partial charge in [0.2, 0.25) is 0 Å². The molecule has 1 aliphatic heterocycles. The average Bonchev–Trinajstić information content (AvgIpc) is 2.99. The first kappa shape index (κ1) is 18.6. The lowest BCUT2D eigenvalue weighted by Gasteiger charge is -2.34. The summed E-state index contributed by atoms with van der Waals surface area (Å²) >= 11 is 0. The molecule has 140 valence electrons. The van der Waals surface area contributed by atoms with Gasteiger partial charge >= 0.3 is 0 Å². The molecule has 7 nitrogen and oxygen atoms in total. The SMILES string of the molecule is Cc1cc(N=C2NN(C(C)C)Cc3cc(OCCS(C)=O)ccc32)n[nH]1. The second-order valence-electron chi connectivity index (χ2n) is 6.65. The molecule has 1 aromatic heterocycles. The van der Waals surface area contributed by atoms with Crippen LogP contribution in [0.3, 0.4) is 0 Å². The minimum absolute atomic E-state index is 0.307. The third-order valence-corrected chi connectivity index (χ3v) is 4.85. The Labute approximate surface area is 156 Å². The minimum Gasteiger partial charge on any atom is -0.493 e. The van der Waals surface area contributed by atoms with Crippen molar-refractivity contribution in [1.82, 2.24) is 20.6 Å². The first-order valence-electron chi connectivity index (χ1n) is 8.62. The molecule has 3 rings (SSSR count). The van der Waals surface area contributed by atoms with Gasteiger partial charge in [0, 0.05) is 47.0 Å². The quantitative estimate of drug-likeness (QED) is 0.809. The van der Waals surface area contributed by atoms with Crippen molar-refractivity contribution in [3.8, 4) is 5.75 Å². The highest BCUT2D eigenvalue weighted by Crippen LogP contribution is 2.25. The zero-order chi connectivity index (χ0) is 18.7. The number of hydrazine groups is 1. The first-order valence-corrected chi connectivity index (χ1v) is 10.3. The lowest BCUT2D eigenvalue weighted by molar-refractivity contribution is 0.169. The number of benzene rings is 1. The molecule has 1 aliphatic rings. The molecule has 0 amide bonds. The molecule has 0 radical (unpaired) electrons. The number of hydrogen-bond donors (Lipinski definition) is 2. The Kier molecular flexibility index (Phi) is 5.73. The van der Waals surface area contributed by atoms with Crippen molar-refractivity contribution in [2.75, 3.05) is 18.6 Å². The summed E-state index contributed by atoms with van der Waals surface area (Å²) in [5.74, 6) is 2.73. The van der Waals surface area contributed by atoms with Crippen molar-refractivity contribution < 1.29 is 8.95 Å². The lowest BCUT2D eigenvalue weighted by Crippen LogP contribution is -2.49. The molecule has 2 heterocycles. The van der Waals surface area contributed by atoms with Crippen LogP contribution in [0.2, 0.25) is 0 Å². The van der Waals surface area contributed by atoms with Gasteiger partial charge in [0.05, 0.1) is 12.4 Å². The molecule has 1 aromatic carbocycles. The largest absolute Gasteiger partial charge is 0.493 e. The van der Waals surface area contributed by atoms with Crippen LogP contribution in [0.15, 0.2) is 29.3 Å². The number of ether oxygens (including phenoxy) is 1. The predicted molar refractivity (Wildman–Crippen MR) is 104 cm³/mol. The highest BCUT2D eigenvalue weighted by molar-refractivity contribution is 7.84. The van der Waals surface area contributed by atoms with E-state index in [1.54, 1.807) is 6.26 Å². The molecule has 26 heavy (non-hydrogen) atoms. The van der Waals surface area contributed by atoms with E-state index in [1.807, 2.05) is 31.2 Å². The van der Waals surface area contributed by atoms with Gasteiger partial charge in [-0.15, -0.1) is 0 Å². The number of nitrogens with one attached hydrogen (secondary N) is 2. The van der Waals surface area contributed by atoms with E-state index in [1.165, 1.54) is 0 Å². The molecule has 2 aromatic rings. The molecule has 0 aliphatic carbocycles. The maximum atomic E-state index is 11.2. The summed E-state index contributed by atoms with van der Waals surface area (Å²) < 4.78 is 16.9. The summed E-state index contributed by atoms with van der Waals surface area (Å²) in [5, 5.41) is 9.25. The Morgan fingerprint density at radius 1 is 1.38 bits per heavy atom. The zero-order valence-electron chi connectivity index (χ0n) is 15.6. The van der Waals surface area contributed by atoms with Gasteiger partial charge in [-0.3, -0.25) is 9.31 Å². The molecule has 0 saturated carbocycles. The average molecular weight is 375 g/mol. The van der Waals surface area contributed by atoms with Crippen LogP contribution in [0.4, 0.5) is 5.82 Å². The summed E-state index contributed by atoms with van der Waals surface area (Å²) in [6, 6.07) is 8.19. The van der Waals surface area contributed by atoms with E-state index in [9.17, 15) is 4.21 Å². The highest BCUT2D eigenvalue weighted by Gasteiger charge is 2.23. The van der Waals surface area contributed by atoms with Crippen molar-refractivity contribution in [1.29, 1.82) is 0 Å². The van der Waals surface area contributed by atoms with E-state index in [0.717, 1.165) is 35.0 Å². The standard InChI is InChI=1S/C18H25N5O2S/c1-12(2)23-11-14-10-15(25-7-8-26(4)24)5-6-16(14)18(22-23)19-17-9-13(3)20-21-17/h5-6,9-10,12H,7-8,11H2,1-4H3,(H2,19,20,21,22). The number of fused-ring (bicyclic) bond motifs is 1. The third-order valence-electron chi connectivity index (χ3n) is 4.10. The predicted octanol–water partition coefficient (Wildman–Crippen LogP) is 2.28. The van der Waals surface area contributed by atoms with Crippen molar-refractivity contribution >= 4 is 22.5 Å². The van der Waals surface area contributed by atoms with Crippen LogP contribution in [0.25, 0.3) is 0 Å². The van der Waals surface area contributed by atoms with Gasteiger partial charge in [-0.25, -0.2) is 10.0 Å². The van der Waals surface area contributed by atoms with Gasteiger partial charge in [0.25, 0.3) is 0 Å². The molecule has 1 unspecified atom stereocenters. The number of H-pyrrole nitrogens is 1. The fourth-order valence-electron chi connectivity index (χ4n) is 2.69. The Morgan fingerprint density at radius 3 is 2.85 bits per heavy atom. The van der Waals surface area contributed by atoms with Crippen LogP contribution >= 0.6 is 0 Å². The molecule has 0 bridgehead atoms. The number of aryl methyl sites for hydroxylation is 1. The van der Waals surface area contributed by atoms with Crippen molar-refractivity contribution in [2.45, 2.75) is 33.4 Å². The Morgan fingerprint density at radius 2 is 2.19 bits per heavy atom. The highest BCUT2D eigenvalue weighted by atomic mass is 32.2. The maximum absolute atomic E-state index is 11.2. The minimum atomic E-state index is -0.852. The lowest BCUT2D eigenvalue weighted by atomic mass is 10.0. The zero-order valence-corrected chi connectivity index (χ0v) is 16.4. The Balaban J connectivity index is 1.89. The third kappa shape index (κ3) is 4.50. The van der Waals surface area contributed by atoms with Gasteiger partial charge < -0.3 is 10.2 Å². The van der Waals surface area contributed by atoms with Crippen LogP contribution in [0.5, 0.6) is 5.75 Å². The fourth-order valence-corrected chi connectivity index (χ4v) is 3.01. The van der Waals surface area contributed by atoms with E-state index in [2.05, 4.69) is 39.5 Å². The van der Waals surface area contributed by atoms with Crippen molar-refractivity contribution in [3.63, 3.8) is 0 Å². The Hall–Kier alpha value is -2.19. The van der Waals surface area contributed by atoms with Crippen LogP contribution in [-0.2, 0) is 17.3 Å². The van der Waals surface area contributed by atoms with E-state index in [4.69, 9.17) is 4.74 Å². The normalized spacial score (nSPS) is 17.2. The second kappa shape index (κ2) is 8.01. The summed E-state index contributed by atoms with van der Waals surface area (Å²) in [4.78, 5) is 4.67. The van der Waals surface area contributed by atoms with Gasteiger partial charge in [-0.2, -0.15) is 5.10 Å². The molecule has 8 heteroatoms. The maximum Gasteiger partial charge on any atom is 0.175 e. The van der Waals surface area contributed by atoms with E-state index >= 15 is 0 Å². The summed E-state index contributed by atoms with van der Waals surface area (Å²) in [6.45, 7) is 7.41. The molecule has 2 N–H and O–H groups in total. The molecule has 0 saturated heterocycles. The molecule has 1 atom stereocenters. The number of nitrogens with zero attached hydrogens (tertiary/aromatic N) is 3. The smallest absolute Gasteiger partial charge is 0.175 e. The van der Waals surface area contributed by atoms with Crippen molar-refractivity contribution in [3.05, 3.63) is 41.1 Å². The van der Waals surface area contributed by atoms with Crippen LogP contribution in [-0.4, -0.2) is 49.9 Å². The summed E-state index contributed by atoms with van der Waals surface area (Å²) in [5.41, 5.74) is 6.54. The Bertz CT molecular complexity index is 831. The number of aliphatic imine (C=N–C) groups is 1. The molecule has 0 fully saturated rings. The number of aromatic nitrogens is 2. The molecular formula is C18H25N5O2S. The molecule has 0 spiro atoms. The van der Waals surface area contributed by atoms with Gasteiger partial charge in [0.15, 0.2) is 11.7 Å². The fraction of sp³-hybridized carbons (Fsp3) is 0.444. The van der Waals surface area contributed by atoms with E-state index < -0.39 is 10.8 Å².